The normalized spacial score (nSPS) is 17.8. The summed E-state index contributed by atoms with van der Waals surface area (Å²) in [6.07, 6.45) is 4.71. The smallest absolute Gasteiger partial charge is 0.292 e. The molecule has 1 saturated carbocycles. The number of aryl methyl sites for hydroxylation is 1. The number of hydrogen-bond donors (Lipinski definition) is 1. The summed E-state index contributed by atoms with van der Waals surface area (Å²) < 4.78 is 5.38. The predicted molar refractivity (Wildman–Crippen MR) is 46.9 cm³/mol. The molecule has 0 spiro atoms. The molecule has 3 heteroatoms. The third kappa shape index (κ3) is 1.09. The van der Waals surface area contributed by atoms with Crippen LogP contribution in [0.3, 0.4) is 0 Å². The van der Waals surface area contributed by atoms with Gasteiger partial charge in [0.2, 0.25) is 0 Å². The molecule has 0 aliphatic heterocycles. The fourth-order valence-corrected chi connectivity index (χ4v) is 1.63. The van der Waals surface area contributed by atoms with Crippen LogP contribution in [0.5, 0.6) is 0 Å². The fraction of sp³-hybridized carbons (Fsp3) is 0.667. The SMILES string of the molecule is CCc1nc(N)oc1C1CCC1. The van der Waals surface area contributed by atoms with Crippen molar-refractivity contribution in [2.45, 2.75) is 38.5 Å². The molecule has 0 amide bonds. The van der Waals surface area contributed by atoms with Crippen LogP contribution in [0.15, 0.2) is 4.42 Å². The summed E-state index contributed by atoms with van der Waals surface area (Å²) in [4.78, 5) is 4.14. The van der Waals surface area contributed by atoms with E-state index in [1.165, 1.54) is 19.3 Å². The van der Waals surface area contributed by atoms with Gasteiger partial charge in [-0.3, -0.25) is 0 Å². The van der Waals surface area contributed by atoms with Gasteiger partial charge < -0.3 is 10.2 Å². The summed E-state index contributed by atoms with van der Waals surface area (Å²) in [6, 6.07) is 0.328. The molecule has 1 aromatic heterocycles. The molecule has 66 valence electrons. The third-order valence-electron chi connectivity index (χ3n) is 2.55. The number of oxazole rings is 1. The summed E-state index contributed by atoms with van der Waals surface area (Å²) >= 11 is 0. The Balaban J connectivity index is 2.27. The molecule has 0 radical (unpaired) electrons. The van der Waals surface area contributed by atoms with Gasteiger partial charge in [0, 0.05) is 5.92 Å². The maximum Gasteiger partial charge on any atom is 0.292 e. The number of nitrogens with zero attached hydrogens (tertiary/aromatic N) is 1. The van der Waals surface area contributed by atoms with Crippen LogP contribution in [0.25, 0.3) is 0 Å². The Morgan fingerprint density at radius 3 is 2.83 bits per heavy atom. The molecule has 0 saturated heterocycles. The first kappa shape index (κ1) is 7.65. The zero-order valence-corrected chi connectivity index (χ0v) is 7.34. The minimum atomic E-state index is 0.328. The van der Waals surface area contributed by atoms with Gasteiger partial charge in [-0.15, -0.1) is 0 Å². The Kier molecular flexibility index (Phi) is 1.79. The molecular formula is C9H14N2O. The van der Waals surface area contributed by atoms with Crippen molar-refractivity contribution in [1.82, 2.24) is 4.98 Å². The Bertz CT molecular complexity index is 276. The molecule has 0 atom stereocenters. The summed E-state index contributed by atoms with van der Waals surface area (Å²) in [6.45, 7) is 2.08. The Hall–Kier alpha value is -0.990. The molecule has 1 aliphatic carbocycles. The van der Waals surface area contributed by atoms with Gasteiger partial charge in [0.1, 0.15) is 5.76 Å². The van der Waals surface area contributed by atoms with Crippen LogP contribution < -0.4 is 5.73 Å². The molecule has 0 aromatic carbocycles. The lowest BCUT2D eigenvalue weighted by molar-refractivity contribution is 0.348. The number of anilines is 1. The molecule has 0 unspecified atom stereocenters. The van der Waals surface area contributed by atoms with Crippen LogP contribution in [0.4, 0.5) is 6.01 Å². The largest absolute Gasteiger partial charge is 0.428 e. The van der Waals surface area contributed by atoms with Crippen LogP contribution in [-0.2, 0) is 6.42 Å². The summed E-state index contributed by atoms with van der Waals surface area (Å²) in [7, 11) is 0. The van der Waals surface area contributed by atoms with E-state index in [4.69, 9.17) is 10.2 Å². The summed E-state index contributed by atoms with van der Waals surface area (Å²) in [5.74, 6) is 1.64. The third-order valence-corrected chi connectivity index (χ3v) is 2.55. The second kappa shape index (κ2) is 2.81. The van der Waals surface area contributed by atoms with Crippen molar-refractivity contribution in [3.8, 4) is 0 Å². The molecule has 0 bridgehead atoms. The lowest BCUT2D eigenvalue weighted by atomic mass is 9.82. The van der Waals surface area contributed by atoms with Gasteiger partial charge in [0.05, 0.1) is 5.69 Å². The van der Waals surface area contributed by atoms with E-state index in [0.29, 0.717) is 11.9 Å². The molecule has 1 aliphatic rings. The van der Waals surface area contributed by atoms with Gasteiger partial charge in [-0.1, -0.05) is 13.3 Å². The zero-order chi connectivity index (χ0) is 8.55. The highest BCUT2D eigenvalue weighted by Gasteiger charge is 2.26. The van der Waals surface area contributed by atoms with E-state index in [-0.39, 0.29) is 0 Å². The van der Waals surface area contributed by atoms with Crippen molar-refractivity contribution in [3.63, 3.8) is 0 Å². The Morgan fingerprint density at radius 2 is 2.33 bits per heavy atom. The van der Waals surface area contributed by atoms with Gasteiger partial charge in [-0.25, -0.2) is 0 Å². The van der Waals surface area contributed by atoms with Crippen LogP contribution >= 0.6 is 0 Å². The number of rotatable bonds is 2. The number of aromatic nitrogens is 1. The quantitative estimate of drug-likeness (QED) is 0.731. The Labute approximate surface area is 72.0 Å². The minimum absolute atomic E-state index is 0.328. The van der Waals surface area contributed by atoms with E-state index in [9.17, 15) is 0 Å². The molecule has 3 nitrogen and oxygen atoms in total. The Morgan fingerprint density at radius 1 is 1.58 bits per heavy atom. The molecule has 12 heavy (non-hydrogen) atoms. The van der Waals surface area contributed by atoms with Crippen molar-refractivity contribution >= 4 is 6.01 Å². The highest BCUT2D eigenvalue weighted by Crippen LogP contribution is 2.38. The molecule has 1 heterocycles. The molecule has 1 fully saturated rings. The first-order valence-electron chi connectivity index (χ1n) is 4.56. The number of hydrogen-bond acceptors (Lipinski definition) is 3. The highest BCUT2D eigenvalue weighted by molar-refractivity contribution is 5.24. The van der Waals surface area contributed by atoms with Crippen molar-refractivity contribution in [2.75, 3.05) is 5.73 Å². The molecule has 2 rings (SSSR count). The van der Waals surface area contributed by atoms with Gasteiger partial charge in [0.25, 0.3) is 6.01 Å². The maximum absolute atomic E-state index is 5.49. The van der Waals surface area contributed by atoms with Crippen molar-refractivity contribution in [2.24, 2.45) is 0 Å². The van der Waals surface area contributed by atoms with Crippen molar-refractivity contribution < 1.29 is 4.42 Å². The fourth-order valence-electron chi connectivity index (χ4n) is 1.63. The number of nitrogens with two attached hydrogens (primary N) is 1. The summed E-state index contributed by atoms with van der Waals surface area (Å²) in [5.41, 5.74) is 6.55. The van der Waals surface area contributed by atoms with Crippen molar-refractivity contribution in [1.29, 1.82) is 0 Å². The average Bonchev–Trinajstić information content (AvgIpc) is 2.27. The number of nitrogen functional groups attached to an aromatic ring is 1. The zero-order valence-electron chi connectivity index (χ0n) is 7.34. The van der Waals surface area contributed by atoms with Crippen LogP contribution in [0, 0.1) is 0 Å². The molecule has 1 aromatic rings. The van der Waals surface area contributed by atoms with Crippen LogP contribution in [0.2, 0.25) is 0 Å². The van der Waals surface area contributed by atoms with Gasteiger partial charge >= 0.3 is 0 Å². The highest BCUT2D eigenvalue weighted by atomic mass is 16.4. The average molecular weight is 166 g/mol. The van der Waals surface area contributed by atoms with E-state index in [1.807, 2.05) is 0 Å². The first-order chi connectivity index (χ1) is 5.81. The lowest BCUT2D eigenvalue weighted by Crippen LogP contribution is -2.09. The predicted octanol–water partition coefficient (Wildman–Crippen LogP) is 2.09. The van der Waals surface area contributed by atoms with E-state index >= 15 is 0 Å². The van der Waals surface area contributed by atoms with E-state index in [2.05, 4.69) is 11.9 Å². The topological polar surface area (TPSA) is 52.0 Å². The lowest BCUT2D eigenvalue weighted by Gasteiger charge is -2.23. The maximum atomic E-state index is 5.49. The standard InChI is InChI=1S/C9H14N2O/c1-2-7-8(6-4-3-5-6)12-9(10)11-7/h6H,2-5H2,1H3,(H2,10,11). The second-order valence-corrected chi connectivity index (χ2v) is 3.34. The molecule has 2 N–H and O–H groups in total. The van der Waals surface area contributed by atoms with Gasteiger partial charge in [-0.05, 0) is 19.3 Å². The molecular weight excluding hydrogens is 152 g/mol. The van der Waals surface area contributed by atoms with E-state index < -0.39 is 0 Å². The minimum Gasteiger partial charge on any atom is -0.428 e. The van der Waals surface area contributed by atoms with Crippen LogP contribution in [-0.4, -0.2) is 4.98 Å². The van der Waals surface area contributed by atoms with Gasteiger partial charge in [-0.2, -0.15) is 4.98 Å². The van der Waals surface area contributed by atoms with Crippen molar-refractivity contribution in [3.05, 3.63) is 11.5 Å². The summed E-state index contributed by atoms with van der Waals surface area (Å²) in [5, 5.41) is 0. The van der Waals surface area contributed by atoms with E-state index in [0.717, 1.165) is 17.9 Å². The monoisotopic (exact) mass is 166 g/mol. The first-order valence-corrected chi connectivity index (χ1v) is 4.56. The second-order valence-electron chi connectivity index (χ2n) is 3.34. The van der Waals surface area contributed by atoms with Gasteiger partial charge in [0.15, 0.2) is 0 Å². The van der Waals surface area contributed by atoms with E-state index in [1.54, 1.807) is 0 Å². The van der Waals surface area contributed by atoms with Crippen LogP contribution in [0.1, 0.15) is 43.6 Å².